The van der Waals surface area contributed by atoms with Gasteiger partial charge in [0.05, 0.1) is 22.3 Å². The van der Waals surface area contributed by atoms with E-state index in [2.05, 4.69) is 239 Å². The van der Waals surface area contributed by atoms with Crippen molar-refractivity contribution in [3.63, 3.8) is 0 Å². The minimum absolute atomic E-state index is 0. The van der Waals surface area contributed by atoms with Gasteiger partial charge >= 0.3 is 0 Å². The Bertz CT molecular complexity index is 3500. The molecule has 0 amide bonds. The van der Waals surface area contributed by atoms with Crippen LogP contribution in [0.5, 0.6) is 5.75 Å². The van der Waals surface area contributed by atoms with Crippen molar-refractivity contribution >= 4 is 11.0 Å². The smallest absolute Gasteiger partial charge is 0.148 e. The molecule has 374 valence electrons. The van der Waals surface area contributed by atoms with Crippen molar-refractivity contribution in [2.45, 2.75) is 130 Å². The van der Waals surface area contributed by atoms with E-state index in [1.165, 1.54) is 38.9 Å². The van der Waals surface area contributed by atoms with Crippen LogP contribution in [0.4, 0.5) is 0 Å². The van der Waals surface area contributed by atoms with Crippen molar-refractivity contribution in [3.8, 4) is 67.5 Å². The Morgan fingerprint density at radius 1 is 0.479 bits per heavy atom. The molecule has 5 heteroatoms. The van der Waals surface area contributed by atoms with E-state index in [0.29, 0.717) is 5.82 Å². The maximum absolute atomic E-state index is 12.8. The van der Waals surface area contributed by atoms with Crippen LogP contribution in [0.15, 0.2) is 152 Å². The molecular weight excluding hydrogens is 1070 g/mol. The first-order valence-corrected chi connectivity index (χ1v) is 25.9. The summed E-state index contributed by atoms with van der Waals surface area (Å²) in [5.41, 5.74) is 20.9. The van der Waals surface area contributed by atoms with Crippen LogP contribution in [-0.4, -0.2) is 19.6 Å². The van der Waals surface area contributed by atoms with E-state index in [4.69, 9.17) is 9.97 Å². The molecule has 0 fully saturated rings. The summed E-state index contributed by atoms with van der Waals surface area (Å²) in [6, 6.07) is 57.6. The van der Waals surface area contributed by atoms with E-state index < -0.39 is 0 Å². The van der Waals surface area contributed by atoms with Gasteiger partial charge in [-0.15, -0.1) is 29.3 Å². The van der Waals surface area contributed by atoms with Gasteiger partial charge in [0.15, 0.2) is 0 Å². The van der Waals surface area contributed by atoms with Gasteiger partial charge < -0.3 is 5.11 Å². The van der Waals surface area contributed by atoms with Crippen LogP contribution < -0.4 is 0 Å². The molecule has 4 bridgehead atoms. The molecule has 1 N–H and O–H groups in total. The van der Waals surface area contributed by atoms with E-state index >= 15 is 0 Å². The summed E-state index contributed by atoms with van der Waals surface area (Å²) in [5.74, 6) is 0.963. The Kier molecular flexibility index (Phi) is 13.8. The number of aromatic nitrogens is 3. The van der Waals surface area contributed by atoms with Crippen molar-refractivity contribution in [1.29, 1.82) is 0 Å². The van der Waals surface area contributed by atoms with Crippen molar-refractivity contribution in [1.82, 2.24) is 14.5 Å². The van der Waals surface area contributed by atoms with Gasteiger partial charge in [0.2, 0.25) is 0 Å². The molecule has 0 unspecified atom stereocenters. The molecule has 73 heavy (non-hydrogen) atoms. The number of phenols is 1. The minimum Gasteiger partial charge on any atom is -0.507 e. The van der Waals surface area contributed by atoms with Gasteiger partial charge in [-0.25, -0.2) is 4.98 Å². The maximum Gasteiger partial charge on any atom is 0.148 e. The molecule has 2 aromatic heterocycles. The first-order chi connectivity index (χ1) is 34.1. The zero-order valence-electron chi connectivity index (χ0n) is 44.9. The minimum atomic E-state index is -0.343. The number of hydrogen-bond donors (Lipinski definition) is 1. The van der Waals surface area contributed by atoms with Crippen LogP contribution in [0.3, 0.4) is 0 Å². The van der Waals surface area contributed by atoms with E-state index in [1.807, 2.05) is 6.20 Å². The molecule has 0 spiro atoms. The van der Waals surface area contributed by atoms with Crippen molar-refractivity contribution < 1.29 is 26.2 Å². The summed E-state index contributed by atoms with van der Waals surface area (Å²) in [5, 5.41) is 12.8. The fourth-order valence-electron chi connectivity index (χ4n) is 10.3. The molecule has 2 heterocycles. The first kappa shape index (κ1) is 51.5. The molecule has 4 aliphatic rings. The van der Waals surface area contributed by atoms with Gasteiger partial charge in [0, 0.05) is 44.1 Å². The van der Waals surface area contributed by atoms with E-state index in [0.717, 1.165) is 98.2 Å². The Morgan fingerprint density at radius 3 is 1.77 bits per heavy atom. The predicted octanol–water partition coefficient (Wildman–Crippen LogP) is 17.3. The SMILES string of the molecule is CC(C)(C)c1cc(-c2cc(-c3ccccc3)ccn2)[c-]c(-c2cccc3c2nc(-c2cc(C(C)(C)C)cc(C(C)(C)C)c2O)n3-c2ccc(C(C)(C)C)cc2-c2cc3ccc2CCc2ccc(cc2)CC3)c1.[Pt]. The molecule has 4 aliphatic carbocycles. The second kappa shape index (κ2) is 19.5. The van der Waals surface area contributed by atoms with Crippen LogP contribution in [0.1, 0.15) is 128 Å². The monoisotopic (exact) mass is 1140 g/mol. The van der Waals surface area contributed by atoms with Crippen LogP contribution in [0.25, 0.3) is 72.7 Å². The van der Waals surface area contributed by atoms with Gasteiger partial charge in [-0.05, 0) is 128 Å². The van der Waals surface area contributed by atoms with Gasteiger partial charge in [0.1, 0.15) is 11.6 Å². The Balaban J connectivity index is 0.00000656. The van der Waals surface area contributed by atoms with Gasteiger partial charge in [0.25, 0.3) is 0 Å². The zero-order chi connectivity index (χ0) is 50.9. The number of fused-ring (bicyclic) bond motifs is 1. The Labute approximate surface area is 449 Å². The average Bonchev–Trinajstić information content (AvgIpc) is 3.73. The largest absolute Gasteiger partial charge is 0.507 e. The third kappa shape index (κ3) is 10.4. The second-order valence-electron chi connectivity index (χ2n) is 24.4. The van der Waals surface area contributed by atoms with Gasteiger partial charge in [-0.3, -0.25) is 9.55 Å². The standard InChI is InChI=1S/C68H70N3O.Pt/c1-65(2,3)51-31-32-60(56(40-51)55-35-45-26-25-43-21-23-44(24-22-43)27-29-47(55)30-28-45)71-61-20-16-19-54(62(61)70-64(71)57-41-53(67(7,8)9)42-58(63(57)72)68(10,11)12)49-36-50(38-52(37-49)66(4,5)6)59-39-48(33-34-69-59)46-17-14-13-15-18-46;/h13-24,28,30-35,37-42,72H,25-27,29H2,1-12H3;/q-1;. The van der Waals surface area contributed by atoms with Crippen molar-refractivity contribution in [3.05, 3.63) is 202 Å². The number of hydrogen-bond acceptors (Lipinski definition) is 3. The number of aromatic hydroxyl groups is 1. The molecule has 7 aromatic carbocycles. The molecule has 4 nitrogen and oxygen atoms in total. The number of aryl methyl sites for hydroxylation is 4. The van der Waals surface area contributed by atoms with E-state index in [-0.39, 0.29) is 48.5 Å². The van der Waals surface area contributed by atoms with Gasteiger partial charge in [-0.1, -0.05) is 197 Å². The molecule has 0 atom stereocenters. The third-order valence-electron chi connectivity index (χ3n) is 14.9. The van der Waals surface area contributed by atoms with E-state index in [1.54, 1.807) is 0 Å². The summed E-state index contributed by atoms with van der Waals surface area (Å²) < 4.78 is 2.35. The fourth-order valence-corrected chi connectivity index (χ4v) is 10.3. The third-order valence-corrected chi connectivity index (χ3v) is 14.9. The first-order valence-electron chi connectivity index (χ1n) is 25.9. The Hall–Kier alpha value is -6.35. The number of phenolic OH excluding ortho intramolecular Hbond substituents is 1. The molecular formula is C68H70N3OPt-. The molecule has 0 saturated heterocycles. The molecule has 13 rings (SSSR count). The summed E-state index contributed by atoms with van der Waals surface area (Å²) in [6.07, 6.45) is 5.69. The van der Waals surface area contributed by atoms with Crippen LogP contribution in [0.2, 0.25) is 0 Å². The van der Waals surface area contributed by atoms with Crippen LogP contribution in [0, 0.1) is 6.07 Å². The summed E-state index contributed by atoms with van der Waals surface area (Å²) in [4.78, 5) is 10.8. The van der Waals surface area contributed by atoms with Crippen molar-refractivity contribution in [2.75, 3.05) is 0 Å². The number of pyridine rings is 1. The molecule has 9 aromatic rings. The van der Waals surface area contributed by atoms with E-state index in [9.17, 15) is 5.11 Å². The zero-order valence-corrected chi connectivity index (χ0v) is 47.1. The van der Waals surface area contributed by atoms with Crippen LogP contribution >= 0.6 is 0 Å². The molecule has 0 saturated carbocycles. The van der Waals surface area contributed by atoms with Gasteiger partial charge in [-0.2, -0.15) is 0 Å². The number of nitrogens with zero attached hydrogens (tertiary/aromatic N) is 3. The quantitative estimate of drug-likeness (QED) is 0.169. The van der Waals surface area contributed by atoms with Crippen molar-refractivity contribution in [2.24, 2.45) is 0 Å². The molecule has 0 radical (unpaired) electrons. The number of para-hydroxylation sites is 1. The van der Waals surface area contributed by atoms with Crippen LogP contribution in [-0.2, 0) is 68.4 Å². The number of rotatable bonds is 6. The maximum atomic E-state index is 12.8. The normalized spacial score (nSPS) is 13.2. The summed E-state index contributed by atoms with van der Waals surface area (Å²) in [6.45, 7) is 27.0. The second-order valence-corrected chi connectivity index (χ2v) is 24.4. The summed E-state index contributed by atoms with van der Waals surface area (Å²) >= 11 is 0. The fraction of sp³-hybridized carbons (Fsp3) is 0.294. The summed E-state index contributed by atoms with van der Waals surface area (Å²) in [7, 11) is 0. The predicted molar refractivity (Wildman–Crippen MR) is 303 cm³/mol. The topological polar surface area (TPSA) is 50.9 Å². The Morgan fingerprint density at radius 2 is 1.10 bits per heavy atom. The number of benzene rings is 7. The number of imidazole rings is 1. The molecule has 0 aliphatic heterocycles. The average molecular weight is 1140 g/mol.